The first-order valence-electron chi connectivity index (χ1n) is 9.90. The molecule has 0 bridgehead atoms. The molecule has 0 N–H and O–H groups in total. The monoisotopic (exact) mass is 385 g/mol. The predicted octanol–water partition coefficient (Wildman–Crippen LogP) is 5.04. The van der Waals surface area contributed by atoms with Crippen LogP contribution in [0, 0.1) is 0 Å². The molecule has 2 aromatic carbocycles. The molecule has 4 aromatic rings. The third kappa shape index (κ3) is 3.69. The summed E-state index contributed by atoms with van der Waals surface area (Å²) in [7, 11) is 2.18. The molecule has 2 aromatic heterocycles. The predicted molar refractivity (Wildman–Crippen MR) is 116 cm³/mol. The number of rotatable bonds is 4. The lowest BCUT2D eigenvalue weighted by atomic mass is 10.1. The van der Waals surface area contributed by atoms with Gasteiger partial charge in [-0.1, -0.05) is 30.3 Å². The number of nitrogens with zero attached hydrogens (tertiary/aromatic N) is 3. The first-order valence-corrected chi connectivity index (χ1v) is 9.90. The van der Waals surface area contributed by atoms with Gasteiger partial charge in [0, 0.05) is 43.6 Å². The van der Waals surface area contributed by atoms with Crippen molar-refractivity contribution >= 4 is 16.8 Å². The highest BCUT2D eigenvalue weighted by molar-refractivity contribution is 5.84. The number of benzene rings is 2. The van der Waals surface area contributed by atoms with Crippen molar-refractivity contribution in [2.75, 3.05) is 38.1 Å². The summed E-state index contributed by atoms with van der Waals surface area (Å²) in [6.45, 7) is 4.35. The minimum absolute atomic E-state index is 0.628. The number of fused-ring (bicyclic) bond motifs is 1. The molecule has 1 aliphatic rings. The summed E-state index contributed by atoms with van der Waals surface area (Å²) >= 11 is 0. The Bertz CT molecular complexity index is 1100. The highest BCUT2D eigenvalue weighted by Crippen LogP contribution is 2.33. The topological polar surface area (TPSA) is 41.7 Å². The van der Waals surface area contributed by atoms with Gasteiger partial charge in [0.25, 0.3) is 0 Å². The van der Waals surface area contributed by atoms with E-state index in [1.165, 1.54) is 5.69 Å². The van der Waals surface area contributed by atoms with Gasteiger partial charge in [0.05, 0.1) is 0 Å². The second-order valence-electron chi connectivity index (χ2n) is 7.42. The van der Waals surface area contributed by atoms with Gasteiger partial charge in [-0.2, -0.15) is 0 Å². The zero-order valence-electron chi connectivity index (χ0n) is 16.4. The molecule has 0 aliphatic carbocycles. The number of furan rings is 1. The molecular weight excluding hydrogens is 362 g/mol. The average molecular weight is 385 g/mol. The van der Waals surface area contributed by atoms with E-state index in [1.807, 2.05) is 42.6 Å². The Morgan fingerprint density at radius 1 is 0.897 bits per heavy atom. The minimum atomic E-state index is 0.628. The maximum atomic E-state index is 5.90. The van der Waals surface area contributed by atoms with Crippen molar-refractivity contribution in [3.63, 3.8) is 0 Å². The number of pyridine rings is 1. The fourth-order valence-electron chi connectivity index (χ4n) is 3.67. The van der Waals surface area contributed by atoms with Gasteiger partial charge in [-0.3, -0.25) is 0 Å². The molecule has 5 rings (SSSR count). The zero-order valence-corrected chi connectivity index (χ0v) is 16.4. The Morgan fingerprint density at radius 3 is 2.41 bits per heavy atom. The summed E-state index contributed by atoms with van der Waals surface area (Å²) in [5.74, 6) is 1.39. The quantitative estimate of drug-likeness (QED) is 0.492. The van der Waals surface area contributed by atoms with Gasteiger partial charge in [0.15, 0.2) is 16.8 Å². The van der Waals surface area contributed by atoms with Crippen LogP contribution in [0.3, 0.4) is 0 Å². The second kappa shape index (κ2) is 7.60. The van der Waals surface area contributed by atoms with Gasteiger partial charge in [0.2, 0.25) is 0 Å². The van der Waals surface area contributed by atoms with Crippen molar-refractivity contribution in [2.24, 2.45) is 0 Å². The zero-order chi connectivity index (χ0) is 19.6. The molecule has 0 amide bonds. The number of para-hydroxylation sites is 1. The van der Waals surface area contributed by atoms with E-state index in [0.717, 1.165) is 54.2 Å². The summed E-state index contributed by atoms with van der Waals surface area (Å²) in [5.41, 5.74) is 4.87. The summed E-state index contributed by atoms with van der Waals surface area (Å²) < 4.78 is 11.6. The number of hydrogen-bond donors (Lipinski definition) is 0. The standard InChI is InChI=1S/C24H23N3O2/c1-26-11-13-27(14-12-26)20-9-7-18(8-10-20)19-15-22-24(25-16-19)23(17-28-22)29-21-5-3-2-4-6-21/h2-10,15-17H,11-14H2,1H3. The molecule has 1 saturated heterocycles. The molecule has 29 heavy (non-hydrogen) atoms. The van der Waals surface area contributed by atoms with Gasteiger partial charge < -0.3 is 19.0 Å². The number of anilines is 1. The Labute approximate surface area is 170 Å². The molecule has 5 heteroatoms. The van der Waals surface area contributed by atoms with Gasteiger partial charge in [-0.15, -0.1) is 0 Å². The molecule has 0 spiro atoms. The lowest BCUT2D eigenvalue weighted by molar-refractivity contribution is 0.313. The maximum Gasteiger partial charge on any atom is 0.191 e. The van der Waals surface area contributed by atoms with E-state index >= 15 is 0 Å². The third-order valence-corrected chi connectivity index (χ3v) is 5.42. The van der Waals surface area contributed by atoms with Gasteiger partial charge in [0.1, 0.15) is 12.0 Å². The van der Waals surface area contributed by atoms with Crippen LogP contribution in [0.15, 0.2) is 77.5 Å². The minimum Gasteiger partial charge on any atom is -0.459 e. The molecule has 3 heterocycles. The molecule has 146 valence electrons. The van der Waals surface area contributed by atoms with Crippen molar-refractivity contribution in [3.05, 3.63) is 73.1 Å². The Balaban J connectivity index is 1.36. The molecule has 5 nitrogen and oxygen atoms in total. The van der Waals surface area contributed by atoms with E-state index in [4.69, 9.17) is 9.15 Å². The molecule has 0 unspecified atom stereocenters. The van der Waals surface area contributed by atoms with Crippen LogP contribution in [0.25, 0.3) is 22.2 Å². The largest absolute Gasteiger partial charge is 0.459 e. The lowest BCUT2D eigenvalue weighted by Crippen LogP contribution is -2.44. The van der Waals surface area contributed by atoms with E-state index in [1.54, 1.807) is 6.26 Å². The highest BCUT2D eigenvalue weighted by Gasteiger charge is 2.15. The SMILES string of the molecule is CN1CCN(c2ccc(-c3cnc4c(Oc5ccccc5)coc4c3)cc2)CC1. The van der Waals surface area contributed by atoms with Gasteiger partial charge in [-0.25, -0.2) is 4.98 Å². The number of likely N-dealkylation sites (N-methyl/N-ethyl adjacent to an activating group) is 1. The third-order valence-electron chi connectivity index (χ3n) is 5.42. The summed E-state index contributed by atoms with van der Waals surface area (Å²) in [6.07, 6.45) is 3.49. The fraction of sp³-hybridized carbons (Fsp3) is 0.208. The van der Waals surface area contributed by atoms with Crippen molar-refractivity contribution in [1.82, 2.24) is 9.88 Å². The van der Waals surface area contributed by atoms with Crippen molar-refractivity contribution in [2.45, 2.75) is 0 Å². The smallest absolute Gasteiger partial charge is 0.191 e. The van der Waals surface area contributed by atoms with Crippen LogP contribution < -0.4 is 9.64 Å². The molecule has 1 aliphatic heterocycles. The fourth-order valence-corrected chi connectivity index (χ4v) is 3.67. The van der Waals surface area contributed by atoms with Crippen LogP contribution >= 0.6 is 0 Å². The summed E-state index contributed by atoms with van der Waals surface area (Å²) in [6, 6.07) is 20.4. The van der Waals surface area contributed by atoms with Crippen LogP contribution in [-0.4, -0.2) is 43.1 Å². The molecule has 0 radical (unpaired) electrons. The maximum absolute atomic E-state index is 5.90. The summed E-state index contributed by atoms with van der Waals surface area (Å²) in [5, 5.41) is 0. The molecule has 0 atom stereocenters. The Morgan fingerprint density at radius 2 is 1.66 bits per heavy atom. The number of piperazine rings is 1. The van der Waals surface area contributed by atoms with E-state index < -0.39 is 0 Å². The number of hydrogen-bond acceptors (Lipinski definition) is 5. The van der Waals surface area contributed by atoms with Crippen LogP contribution in [0.4, 0.5) is 5.69 Å². The highest BCUT2D eigenvalue weighted by atomic mass is 16.5. The Kier molecular flexibility index (Phi) is 4.66. The summed E-state index contributed by atoms with van der Waals surface area (Å²) in [4.78, 5) is 9.40. The number of aromatic nitrogens is 1. The Hall–Kier alpha value is -3.31. The van der Waals surface area contributed by atoms with Crippen LogP contribution in [0.1, 0.15) is 0 Å². The van der Waals surface area contributed by atoms with Crippen molar-refractivity contribution in [3.8, 4) is 22.6 Å². The van der Waals surface area contributed by atoms with E-state index in [9.17, 15) is 0 Å². The molecular formula is C24H23N3O2. The first kappa shape index (κ1) is 17.8. The number of ether oxygens (including phenoxy) is 1. The van der Waals surface area contributed by atoms with Crippen molar-refractivity contribution in [1.29, 1.82) is 0 Å². The van der Waals surface area contributed by atoms with E-state index in [-0.39, 0.29) is 0 Å². The average Bonchev–Trinajstić information content (AvgIpc) is 3.17. The van der Waals surface area contributed by atoms with Gasteiger partial charge >= 0.3 is 0 Å². The normalized spacial score (nSPS) is 15.0. The molecule has 1 fully saturated rings. The van der Waals surface area contributed by atoms with E-state index in [0.29, 0.717) is 5.75 Å². The van der Waals surface area contributed by atoms with Gasteiger partial charge in [-0.05, 0) is 42.9 Å². The first-order chi connectivity index (χ1) is 14.3. The second-order valence-corrected chi connectivity index (χ2v) is 7.42. The van der Waals surface area contributed by atoms with E-state index in [2.05, 4.69) is 46.1 Å². The lowest BCUT2D eigenvalue weighted by Gasteiger charge is -2.34. The van der Waals surface area contributed by atoms with Crippen LogP contribution in [0.2, 0.25) is 0 Å². The van der Waals surface area contributed by atoms with Crippen molar-refractivity contribution < 1.29 is 9.15 Å². The van der Waals surface area contributed by atoms with Crippen LogP contribution in [0.5, 0.6) is 11.5 Å². The molecule has 0 saturated carbocycles. The van der Waals surface area contributed by atoms with Crippen LogP contribution in [-0.2, 0) is 0 Å².